The maximum absolute atomic E-state index is 11.3. The predicted molar refractivity (Wildman–Crippen MR) is 74.9 cm³/mol. The van der Waals surface area contributed by atoms with Crippen LogP contribution in [0.5, 0.6) is 5.88 Å². The number of aryl methyl sites for hydroxylation is 1. The van der Waals surface area contributed by atoms with E-state index < -0.39 is 12.0 Å². The Balaban J connectivity index is 2.08. The molecule has 7 heteroatoms. The minimum Gasteiger partial charge on any atom is -0.481 e. The number of methoxy groups -OCH3 is 1. The van der Waals surface area contributed by atoms with Crippen molar-refractivity contribution in [2.24, 2.45) is 0 Å². The zero-order valence-electron chi connectivity index (χ0n) is 11.2. The monoisotopic (exact) mass is 293 g/mol. The van der Waals surface area contributed by atoms with Gasteiger partial charge in [-0.1, -0.05) is 6.07 Å². The van der Waals surface area contributed by atoms with Crippen LogP contribution < -0.4 is 10.1 Å². The molecule has 1 atom stereocenters. The summed E-state index contributed by atoms with van der Waals surface area (Å²) < 4.78 is 5.15. The van der Waals surface area contributed by atoms with Gasteiger partial charge in [0.2, 0.25) is 5.88 Å². The number of aliphatic carboxylic acids is 1. The molecule has 0 saturated heterocycles. The molecule has 2 rings (SSSR count). The number of aromatic nitrogens is 2. The smallest absolute Gasteiger partial charge is 0.327 e. The van der Waals surface area contributed by atoms with E-state index in [9.17, 15) is 9.90 Å². The number of ether oxygens (including phenoxy) is 1. The van der Waals surface area contributed by atoms with Crippen LogP contribution in [0.1, 0.15) is 23.0 Å². The molecule has 0 fully saturated rings. The van der Waals surface area contributed by atoms with Crippen molar-refractivity contribution in [3.63, 3.8) is 0 Å². The van der Waals surface area contributed by atoms with E-state index in [0.29, 0.717) is 23.8 Å². The van der Waals surface area contributed by atoms with Crippen LogP contribution in [0.25, 0.3) is 0 Å². The van der Waals surface area contributed by atoms with Gasteiger partial charge in [-0.2, -0.15) is 0 Å². The van der Waals surface area contributed by atoms with Crippen LogP contribution in [-0.4, -0.2) is 28.2 Å². The second kappa shape index (κ2) is 6.44. The zero-order valence-corrected chi connectivity index (χ0v) is 12.0. The lowest BCUT2D eigenvalue weighted by Gasteiger charge is -2.12. The third-order valence-corrected chi connectivity index (χ3v) is 3.39. The topological polar surface area (TPSA) is 84.3 Å². The number of pyridine rings is 1. The molecule has 2 aromatic rings. The second-order valence-corrected chi connectivity index (χ2v) is 4.91. The molecule has 0 aromatic carbocycles. The summed E-state index contributed by atoms with van der Waals surface area (Å²) in [6.45, 7) is 2.23. The van der Waals surface area contributed by atoms with Crippen molar-refractivity contribution in [2.45, 2.75) is 19.5 Å². The SMILES string of the molecule is COc1nc(CNC(C(=O)O)c2cscn2)ccc1C. The Kier molecular flexibility index (Phi) is 4.65. The summed E-state index contributed by atoms with van der Waals surface area (Å²) in [6.07, 6.45) is 0. The van der Waals surface area contributed by atoms with E-state index in [2.05, 4.69) is 15.3 Å². The van der Waals surface area contributed by atoms with Crippen LogP contribution in [0.4, 0.5) is 0 Å². The molecule has 6 nitrogen and oxygen atoms in total. The number of carboxylic acids is 1. The standard InChI is InChI=1S/C13H15N3O3S/c1-8-3-4-9(16-12(8)19-2)5-14-11(13(17)18)10-6-20-7-15-10/h3-4,6-7,11,14H,5H2,1-2H3,(H,17,18). The number of carbonyl (C=O) groups is 1. The molecule has 0 bridgehead atoms. The average molecular weight is 293 g/mol. The molecule has 0 aliphatic heterocycles. The number of nitrogens with one attached hydrogen (secondary N) is 1. The Morgan fingerprint density at radius 1 is 1.55 bits per heavy atom. The average Bonchev–Trinajstić information content (AvgIpc) is 2.94. The Labute approximate surface area is 120 Å². The third kappa shape index (κ3) is 3.31. The molecule has 0 aliphatic carbocycles. The van der Waals surface area contributed by atoms with Crippen LogP contribution in [0.15, 0.2) is 23.0 Å². The molecule has 0 spiro atoms. The Hall–Kier alpha value is -1.99. The van der Waals surface area contributed by atoms with Gasteiger partial charge in [-0.25, -0.2) is 9.97 Å². The predicted octanol–water partition coefficient (Wildman–Crippen LogP) is 1.77. The Bertz CT molecular complexity index is 587. The van der Waals surface area contributed by atoms with Gasteiger partial charge < -0.3 is 9.84 Å². The maximum Gasteiger partial charge on any atom is 0.327 e. The first-order valence-electron chi connectivity index (χ1n) is 5.96. The maximum atomic E-state index is 11.3. The van der Waals surface area contributed by atoms with Gasteiger partial charge in [-0.3, -0.25) is 10.1 Å². The lowest BCUT2D eigenvalue weighted by Crippen LogP contribution is -2.28. The van der Waals surface area contributed by atoms with Crippen molar-refractivity contribution in [3.8, 4) is 5.88 Å². The second-order valence-electron chi connectivity index (χ2n) is 4.19. The van der Waals surface area contributed by atoms with E-state index in [1.54, 1.807) is 18.0 Å². The number of rotatable bonds is 6. The summed E-state index contributed by atoms with van der Waals surface area (Å²) in [6, 6.07) is 2.89. The van der Waals surface area contributed by atoms with Crippen molar-refractivity contribution in [2.75, 3.05) is 7.11 Å². The van der Waals surface area contributed by atoms with Gasteiger partial charge in [0.25, 0.3) is 0 Å². The normalized spacial score (nSPS) is 12.1. The van der Waals surface area contributed by atoms with Crippen molar-refractivity contribution in [3.05, 3.63) is 40.0 Å². The van der Waals surface area contributed by atoms with Gasteiger partial charge in [0.15, 0.2) is 0 Å². The van der Waals surface area contributed by atoms with E-state index in [1.165, 1.54) is 11.3 Å². The highest BCUT2D eigenvalue weighted by Gasteiger charge is 2.21. The summed E-state index contributed by atoms with van der Waals surface area (Å²) in [5.74, 6) is -0.417. The number of hydrogen-bond donors (Lipinski definition) is 2. The van der Waals surface area contributed by atoms with E-state index in [0.717, 1.165) is 5.56 Å². The van der Waals surface area contributed by atoms with Gasteiger partial charge in [-0.15, -0.1) is 11.3 Å². The van der Waals surface area contributed by atoms with E-state index in [-0.39, 0.29) is 0 Å². The first kappa shape index (κ1) is 14.4. The number of carboxylic acid groups (broad SMARTS) is 1. The van der Waals surface area contributed by atoms with Crippen LogP contribution >= 0.6 is 11.3 Å². The lowest BCUT2D eigenvalue weighted by molar-refractivity contribution is -0.139. The van der Waals surface area contributed by atoms with Crippen LogP contribution in [0.3, 0.4) is 0 Å². The molecule has 2 heterocycles. The zero-order chi connectivity index (χ0) is 14.5. The highest BCUT2D eigenvalue weighted by atomic mass is 32.1. The minimum absolute atomic E-state index is 0.325. The fourth-order valence-electron chi connectivity index (χ4n) is 1.74. The molecule has 106 valence electrons. The molecule has 2 aromatic heterocycles. The van der Waals surface area contributed by atoms with E-state index >= 15 is 0 Å². The summed E-state index contributed by atoms with van der Waals surface area (Å²) >= 11 is 1.36. The van der Waals surface area contributed by atoms with Gasteiger partial charge in [0.05, 0.1) is 24.0 Å². The summed E-state index contributed by atoms with van der Waals surface area (Å²) in [4.78, 5) is 19.6. The molecule has 0 saturated carbocycles. The highest BCUT2D eigenvalue weighted by Crippen LogP contribution is 2.16. The molecule has 1 unspecified atom stereocenters. The van der Waals surface area contributed by atoms with Gasteiger partial charge in [-0.05, 0) is 13.0 Å². The van der Waals surface area contributed by atoms with Gasteiger partial charge in [0.1, 0.15) is 6.04 Å². The lowest BCUT2D eigenvalue weighted by atomic mass is 10.2. The molecule has 2 N–H and O–H groups in total. The molecule has 0 amide bonds. The van der Waals surface area contributed by atoms with Crippen LogP contribution in [0.2, 0.25) is 0 Å². The molecular formula is C13H15N3O3S. The summed E-state index contributed by atoms with van der Waals surface area (Å²) in [7, 11) is 1.56. The fraction of sp³-hybridized carbons (Fsp3) is 0.308. The Morgan fingerprint density at radius 3 is 2.95 bits per heavy atom. The van der Waals surface area contributed by atoms with Crippen molar-refractivity contribution in [1.82, 2.24) is 15.3 Å². The minimum atomic E-state index is -0.963. The molecular weight excluding hydrogens is 278 g/mol. The molecule has 0 radical (unpaired) electrons. The van der Waals surface area contributed by atoms with Crippen LogP contribution in [0, 0.1) is 6.92 Å². The van der Waals surface area contributed by atoms with Gasteiger partial charge >= 0.3 is 5.97 Å². The molecule has 0 aliphatic rings. The number of hydrogen-bond acceptors (Lipinski definition) is 6. The number of nitrogens with zero attached hydrogens (tertiary/aromatic N) is 2. The van der Waals surface area contributed by atoms with Crippen molar-refractivity contribution < 1.29 is 14.6 Å². The highest BCUT2D eigenvalue weighted by molar-refractivity contribution is 7.07. The molecule has 20 heavy (non-hydrogen) atoms. The Morgan fingerprint density at radius 2 is 2.35 bits per heavy atom. The summed E-state index contributed by atoms with van der Waals surface area (Å²) in [5, 5.41) is 13.9. The van der Waals surface area contributed by atoms with Gasteiger partial charge in [0, 0.05) is 17.5 Å². The summed E-state index contributed by atoms with van der Waals surface area (Å²) in [5.41, 5.74) is 3.76. The fourth-order valence-corrected chi connectivity index (χ4v) is 2.32. The van der Waals surface area contributed by atoms with E-state index in [4.69, 9.17) is 4.74 Å². The third-order valence-electron chi connectivity index (χ3n) is 2.78. The van der Waals surface area contributed by atoms with Crippen molar-refractivity contribution >= 4 is 17.3 Å². The first-order valence-corrected chi connectivity index (χ1v) is 6.91. The first-order chi connectivity index (χ1) is 9.61. The number of thiazole rings is 1. The quantitative estimate of drug-likeness (QED) is 0.844. The van der Waals surface area contributed by atoms with Crippen molar-refractivity contribution in [1.29, 1.82) is 0 Å². The largest absolute Gasteiger partial charge is 0.481 e. The van der Waals surface area contributed by atoms with Crippen LogP contribution in [-0.2, 0) is 11.3 Å². The van der Waals surface area contributed by atoms with E-state index in [1.807, 2.05) is 19.1 Å².